The maximum atomic E-state index is 13.8. The Morgan fingerprint density at radius 3 is 2.67 bits per heavy atom. The second-order valence-electron chi connectivity index (χ2n) is 5.10. The van der Waals surface area contributed by atoms with Gasteiger partial charge < -0.3 is 9.47 Å². The highest BCUT2D eigenvalue weighted by Crippen LogP contribution is 2.38. The number of esters is 1. The highest BCUT2D eigenvalue weighted by atomic mass is 19.1. The zero-order valence-corrected chi connectivity index (χ0v) is 10.6. The molecule has 1 saturated heterocycles. The first-order chi connectivity index (χ1) is 8.56. The van der Waals surface area contributed by atoms with Crippen molar-refractivity contribution < 1.29 is 18.7 Å². The molecule has 0 bridgehead atoms. The number of benzene rings is 1. The highest BCUT2D eigenvalue weighted by Gasteiger charge is 2.39. The normalized spacial score (nSPS) is 18.8. The molecule has 0 aromatic heterocycles. The first kappa shape index (κ1) is 13.0. The van der Waals surface area contributed by atoms with Crippen molar-refractivity contribution in [3.63, 3.8) is 0 Å². The largest absolute Gasteiger partial charge is 0.469 e. The third kappa shape index (κ3) is 2.53. The van der Waals surface area contributed by atoms with Crippen LogP contribution in [0.4, 0.5) is 4.39 Å². The average molecular weight is 252 g/mol. The summed E-state index contributed by atoms with van der Waals surface area (Å²) in [7, 11) is 1.33. The molecule has 1 aromatic carbocycles. The Bertz CT molecular complexity index is 440. The Hall–Kier alpha value is -1.42. The van der Waals surface area contributed by atoms with E-state index in [0.29, 0.717) is 25.2 Å². The van der Waals surface area contributed by atoms with Crippen LogP contribution in [0.2, 0.25) is 0 Å². The van der Waals surface area contributed by atoms with Gasteiger partial charge in [0.15, 0.2) is 0 Å². The second kappa shape index (κ2) is 5.06. The first-order valence-electron chi connectivity index (χ1n) is 5.96. The van der Waals surface area contributed by atoms with Crippen LogP contribution in [0.15, 0.2) is 24.3 Å². The topological polar surface area (TPSA) is 35.5 Å². The average Bonchev–Trinajstić information content (AvgIpc) is 2.34. The smallest absolute Gasteiger partial charge is 0.313 e. The molecule has 0 N–H and O–H groups in total. The Morgan fingerprint density at radius 1 is 1.50 bits per heavy atom. The quantitative estimate of drug-likeness (QED) is 0.772. The van der Waals surface area contributed by atoms with Gasteiger partial charge in [-0.1, -0.05) is 25.1 Å². The minimum absolute atomic E-state index is 0.0683. The van der Waals surface area contributed by atoms with E-state index in [-0.39, 0.29) is 11.2 Å². The van der Waals surface area contributed by atoms with E-state index in [1.54, 1.807) is 18.2 Å². The maximum absolute atomic E-state index is 13.8. The first-order valence-corrected chi connectivity index (χ1v) is 5.96. The lowest BCUT2D eigenvalue weighted by molar-refractivity contribution is -0.148. The third-order valence-electron chi connectivity index (χ3n) is 3.36. The van der Waals surface area contributed by atoms with Gasteiger partial charge in [0.1, 0.15) is 5.82 Å². The van der Waals surface area contributed by atoms with Gasteiger partial charge in [-0.15, -0.1) is 0 Å². The van der Waals surface area contributed by atoms with Crippen molar-refractivity contribution in [3.8, 4) is 0 Å². The molecule has 1 atom stereocenters. The second-order valence-corrected chi connectivity index (χ2v) is 5.10. The van der Waals surface area contributed by atoms with Gasteiger partial charge in [-0.25, -0.2) is 4.39 Å². The monoisotopic (exact) mass is 252 g/mol. The molecule has 0 amide bonds. The van der Waals surface area contributed by atoms with Crippen molar-refractivity contribution >= 4 is 5.97 Å². The SMILES string of the molecule is COC(=O)C(CC1(C)COC1)c1ccccc1F. The number of hydrogen-bond acceptors (Lipinski definition) is 3. The van der Waals surface area contributed by atoms with E-state index in [1.165, 1.54) is 13.2 Å². The van der Waals surface area contributed by atoms with Crippen LogP contribution < -0.4 is 0 Å². The number of carbonyl (C=O) groups excluding carboxylic acids is 1. The van der Waals surface area contributed by atoms with E-state index < -0.39 is 11.9 Å². The molecule has 0 aliphatic carbocycles. The number of ether oxygens (including phenoxy) is 2. The van der Waals surface area contributed by atoms with E-state index in [0.717, 1.165) is 0 Å². The fourth-order valence-electron chi connectivity index (χ4n) is 2.28. The predicted octanol–water partition coefficient (Wildman–Crippen LogP) is 2.51. The summed E-state index contributed by atoms with van der Waals surface area (Å²) in [6, 6.07) is 6.35. The van der Waals surface area contributed by atoms with Crippen LogP contribution in [0, 0.1) is 11.2 Å². The number of rotatable bonds is 4. The van der Waals surface area contributed by atoms with E-state index >= 15 is 0 Å². The van der Waals surface area contributed by atoms with E-state index in [4.69, 9.17) is 9.47 Å². The van der Waals surface area contributed by atoms with Crippen molar-refractivity contribution in [2.24, 2.45) is 5.41 Å². The number of halogens is 1. The molecule has 1 aromatic rings. The minimum atomic E-state index is -0.565. The molecule has 1 aliphatic rings. The lowest BCUT2D eigenvalue weighted by atomic mass is 9.77. The van der Waals surface area contributed by atoms with Gasteiger partial charge in [0, 0.05) is 11.0 Å². The Morgan fingerprint density at radius 2 is 2.17 bits per heavy atom. The zero-order chi connectivity index (χ0) is 13.2. The lowest BCUT2D eigenvalue weighted by Gasteiger charge is -2.40. The fraction of sp³-hybridized carbons (Fsp3) is 0.500. The molecule has 1 heterocycles. The van der Waals surface area contributed by atoms with Crippen LogP contribution in [0.3, 0.4) is 0 Å². The molecule has 1 fully saturated rings. The van der Waals surface area contributed by atoms with Crippen LogP contribution >= 0.6 is 0 Å². The summed E-state index contributed by atoms with van der Waals surface area (Å²) < 4.78 is 23.8. The van der Waals surface area contributed by atoms with Crippen LogP contribution in [-0.2, 0) is 14.3 Å². The molecule has 98 valence electrons. The van der Waals surface area contributed by atoms with E-state index in [2.05, 4.69) is 0 Å². The molecule has 0 saturated carbocycles. The van der Waals surface area contributed by atoms with Crippen LogP contribution in [-0.4, -0.2) is 26.3 Å². The molecule has 2 rings (SSSR count). The molecule has 1 aliphatic heterocycles. The van der Waals surface area contributed by atoms with Crippen molar-refractivity contribution in [1.82, 2.24) is 0 Å². The fourth-order valence-corrected chi connectivity index (χ4v) is 2.28. The summed E-state index contributed by atoms with van der Waals surface area (Å²) in [5, 5.41) is 0. The summed E-state index contributed by atoms with van der Waals surface area (Å²) in [5.41, 5.74) is 0.332. The highest BCUT2D eigenvalue weighted by molar-refractivity contribution is 5.78. The van der Waals surface area contributed by atoms with Crippen LogP contribution in [0.5, 0.6) is 0 Å². The van der Waals surface area contributed by atoms with Crippen molar-refractivity contribution in [2.45, 2.75) is 19.3 Å². The zero-order valence-electron chi connectivity index (χ0n) is 10.6. The summed E-state index contributed by atoms with van der Waals surface area (Å²) in [5.74, 6) is -1.32. The summed E-state index contributed by atoms with van der Waals surface area (Å²) >= 11 is 0. The molecule has 1 unspecified atom stereocenters. The van der Waals surface area contributed by atoms with Crippen molar-refractivity contribution in [2.75, 3.05) is 20.3 Å². The Labute approximate surface area is 106 Å². The Kier molecular flexibility index (Phi) is 3.66. The molecule has 3 nitrogen and oxygen atoms in total. The van der Waals surface area contributed by atoms with E-state index in [1.807, 2.05) is 6.92 Å². The molecule has 18 heavy (non-hydrogen) atoms. The van der Waals surface area contributed by atoms with Gasteiger partial charge in [-0.05, 0) is 12.5 Å². The van der Waals surface area contributed by atoms with Gasteiger partial charge in [0.25, 0.3) is 0 Å². The molecule has 0 spiro atoms. The van der Waals surface area contributed by atoms with Crippen molar-refractivity contribution in [1.29, 1.82) is 0 Å². The third-order valence-corrected chi connectivity index (χ3v) is 3.36. The summed E-state index contributed by atoms with van der Waals surface area (Å²) in [6.07, 6.45) is 0.542. The standard InChI is InChI=1S/C14H17FO3/c1-14(8-18-9-14)7-11(13(16)17-2)10-5-3-4-6-12(10)15/h3-6,11H,7-9H2,1-2H3. The Balaban J connectivity index is 2.25. The van der Waals surface area contributed by atoms with Crippen LogP contribution in [0.1, 0.15) is 24.8 Å². The molecule has 0 radical (unpaired) electrons. The van der Waals surface area contributed by atoms with Gasteiger partial charge in [-0.2, -0.15) is 0 Å². The number of methoxy groups -OCH3 is 1. The molecule has 4 heteroatoms. The van der Waals surface area contributed by atoms with Gasteiger partial charge in [0.05, 0.1) is 26.2 Å². The summed E-state index contributed by atoms with van der Waals surface area (Å²) in [4.78, 5) is 11.9. The maximum Gasteiger partial charge on any atom is 0.313 e. The number of hydrogen-bond donors (Lipinski definition) is 0. The van der Waals surface area contributed by atoms with Crippen molar-refractivity contribution in [3.05, 3.63) is 35.6 Å². The van der Waals surface area contributed by atoms with Gasteiger partial charge in [0.2, 0.25) is 0 Å². The van der Waals surface area contributed by atoms with Crippen LogP contribution in [0.25, 0.3) is 0 Å². The minimum Gasteiger partial charge on any atom is -0.469 e. The number of carbonyl (C=O) groups is 1. The van der Waals surface area contributed by atoms with E-state index in [9.17, 15) is 9.18 Å². The molecular formula is C14H17FO3. The van der Waals surface area contributed by atoms with Gasteiger partial charge >= 0.3 is 5.97 Å². The van der Waals surface area contributed by atoms with Gasteiger partial charge in [-0.3, -0.25) is 4.79 Å². The lowest BCUT2D eigenvalue weighted by Crippen LogP contribution is -2.42. The predicted molar refractivity (Wildman–Crippen MR) is 64.7 cm³/mol. The molecular weight excluding hydrogens is 235 g/mol. The summed E-state index contributed by atoms with van der Waals surface area (Å²) in [6.45, 7) is 3.25.